The lowest BCUT2D eigenvalue weighted by molar-refractivity contribution is 0.0932. The number of benzene rings is 2. The van der Waals surface area contributed by atoms with Gasteiger partial charge in [-0.3, -0.25) is 4.79 Å². The van der Waals surface area contributed by atoms with Gasteiger partial charge in [0.05, 0.1) is 0 Å². The maximum absolute atomic E-state index is 12.3. The molecule has 0 amide bonds. The molecule has 0 saturated carbocycles. The summed E-state index contributed by atoms with van der Waals surface area (Å²) in [6.45, 7) is 6.14. The smallest absolute Gasteiger partial charge is 0.189 e. The number of aryl methyl sites for hydroxylation is 3. The van der Waals surface area contributed by atoms with E-state index in [-0.39, 0.29) is 21.2 Å². The molecule has 2 rings (SSSR count). The Balaban J connectivity index is 1.99. The van der Waals surface area contributed by atoms with Gasteiger partial charge < -0.3 is 4.52 Å². The van der Waals surface area contributed by atoms with Crippen LogP contribution in [0.1, 0.15) is 27.0 Å². The Kier molecular flexibility index (Phi) is 5.05. The van der Waals surface area contributed by atoms with Crippen LogP contribution in [0.5, 0.6) is 0 Å². The molecule has 0 spiro atoms. The van der Waals surface area contributed by atoms with Crippen LogP contribution < -0.4 is 5.30 Å². The second-order valence-corrected chi connectivity index (χ2v) is 6.02. The highest BCUT2D eigenvalue weighted by Gasteiger charge is 2.12. The molecule has 0 aliphatic carbocycles. The number of Topliss-reactive ketones (excluding diaryl/α,β-unsaturated/α-hetero) is 1. The van der Waals surface area contributed by atoms with Crippen LogP contribution in [0.25, 0.3) is 0 Å². The van der Waals surface area contributed by atoms with Crippen molar-refractivity contribution in [2.45, 2.75) is 20.8 Å². The van der Waals surface area contributed by atoms with Gasteiger partial charge in [0.25, 0.3) is 0 Å². The van der Waals surface area contributed by atoms with Crippen molar-refractivity contribution < 1.29 is 9.32 Å². The molecule has 104 valence electrons. The quantitative estimate of drug-likeness (QED) is 0.618. The molecule has 0 aliphatic heterocycles. The van der Waals surface area contributed by atoms with Gasteiger partial charge in [0, 0.05) is 14.4 Å². The van der Waals surface area contributed by atoms with Crippen molar-refractivity contribution >= 4 is 19.9 Å². The topological polar surface area (TPSA) is 26.3 Å². The van der Waals surface area contributed by atoms with Crippen LogP contribution in [-0.2, 0) is 4.52 Å². The molecule has 2 aromatic carbocycles. The summed E-state index contributed by atoms with van der Waals surface area (Å²) in [4.78, 5) is 12.3. The fourth-order valence-corrected chi connectivity index (χ4v) is 3.08. The molecule has 0 bridgehead atoms. The molecule has 20 heavy (non-hydrogen) atoms. The summed E-state index contributed by atoms with van der Waals surface area (Å²) in [6.07, 6.45) is 0. The molecule has 1 atom stereocenters. The van der Waals surface area contributed by atoms with Gasteiger partial charge in [-0.15, -0.1) is 0 Å². The number of hydrogen-bond acceptors (Lipinski definition) is 2. The molecule has 1 unspecified atom stereocenters. The Labute approximate surface area is 122 Å². The van der Waals surface area contributed by atoms with Crippen LogP contribution in [0.3, 0.4) is 0 Å². The predicted octanol–water partition coefficient (Wildman–Crippen LogP) is 3.73. The normalized spacial score (nSPS) is 11.2. The van der Waals surface area contributed by atoms with Crippen molar-refractivity contribution in [1.82, 2.24) is 0 Å². The summed E-state index contributed by atoms with van der Waals surface area (Å²) in [7, 11) is 0.213. The highest BCUT2D eigenvalue weighted by atomic mass is 31.1. The number of carbonyl (C=O) groups is 1. The van der Waals surface area contributed by atoms with Crippen LogP contribution in [0.15, 0.2) is 42.5 Å². The Morgan fingerprint density at radius 2 is 1.65 bits per heavy atom. The van der Waals surface area contributed by atoms with Gasteiger partial charge in [-0.05, 0) is 37.2 Å². The molecule has 0 heterocycles. The lowest BCUT2D eigenvalue weighted by atomic mass is 9.97. The Morgan fingerprint density at radius 1 is 1.05 bits per heavy atom. The molecule has 0 radical (unpaired) electrons. The van der Waals surface area contributed by atoms with Crippen LogP contribution in [0, 0.1) is 20.8 Å². The summed E-state index contributed by atoms with van der Waals surface area (Å²) in [6, 6.07) is 14.0. The van der Waals surface area contributed by atoms with E-state index < -0.39 is 0 Å². The maximum Gasteiger partial charge on any atom is 0.189 e. The van der Waals surface area contributed by atoms with E-state index in [1.54, 1.807) is 0 Å². The third-order valence-corrected chi connectivity index (χ3v) is 3.98. The minimum atomic E-state index is 0.0587. The van der Waals surface area contributed by atoms with Crippen LogP contribution >= 0.6 is 8.81 Å². The molecule has 0 aromatic heterocycles. The van der Waals surface area contributed by atoms with Crippen molar-refractivity contribution in [3.05, 3.63) is 64.7 Å². The zero-order valence-corrected chi connectivity index (χ0v) is 13.1. The zero-order valence-electron chi connectivity index (χ0n) is 12.1. The third kappa shape index (κ3) is 3.75. The summed E-state index contributed by atoms with van der Waals surface area (Å²) in [5, 5.41) is 1.11. The van der Waals surface area contributed by atoms with Crippen LogP contribution in [0.4, 0.5) is 0 Å². The van der Waals surface area contributed by atoms with Crippen molar-refractivity contribution in [2.24, 2.45) is 0 Å². The highest BCUT2D eigenvalue weighted by molar-refractivity contribution is 7.41. The highest BCUT2D eigenvalue weighted by Crippen LogP contribution is 2.19. The van der Waals surface area contributed by atoms with Crippen molar-refractivity contribution in [3.8, 4) is 0 Å². The van der Waals surface area contributed by atoms with Gasteiger partial charge in [-0.25, -0.2) is 0 Å². The second-order valence-electron chi connectivity index (χ2n) is 4.95. The molecule has 0 aliphatic rings. The molecule has 0 fully saturated rings. The molecule has 3 heteroatoms. The van der Waals surface area contributed by atoms with E-state index in [9.17, 15) is 4.79 Å². The van der Waals surface area contributed by atoms with E-state index in [2.05, 4.69) is 0 Å². The fraction of sp³-hybridized carbons (Fsp3) is 0.235. The Hall–Kier alpha value is -1.50. The van der Waals surface area contributed by atoms with Gasteiger partial charge in [-0.2, -0.15) is 0 Å². The van der Waals surface area contributed by atoms with E-state index in [0.29, 0.717) is 0 Å². The molecular formula is C17H19O2P. The van der Waals surface area contributed by atoms with Gasteiger partial charge in [0.15, 0.2) is 5.78 Å². The van der Waals surface area contributed by atoms with Crippen LogP contribution in [0.2, 0.25) is 0 Å². The summed E-state index contributed by atoms with van der Waals surface area (Å²) < 4.78 is 5.55. The average molecular weight is 286 g/mol. The van der Waals surface area contributed by atoms with Gasteiger partial charge >= 0.3 is 0 Å². The summed E-state index contributed by atoms with van der Waals surface area (Å²) in [5.41, 5.74) is 4.04. The minimum absolute atomic E-state index is 0.0587. The van der Waals surface area contributed by atoms with Crippen molar-refractivity contribution in [2.75, 3.05) is 6.61 Å². The zero-order chi connectivity index (χ0) is 14.5. The predicted molar refractivity (Wildman–Crippen MR) is 85.3 cm³/mol. The van der Waals surface area contributed by atoms with Crippen LogP contribution in [-0.4, -0.2) is 12.4 Å². The first-order valence-corrected chi connectivity index (χ1v) is 7.52. The van der Waals surface area contributed by atoms with E-state index in [1.165, 1.54) is 5.56 Å². The van der Waals surface area contributed by atoms with E-state index in [4.69, 9.17) is 4.52 Å². The molecule has 2 aromatic rings. The molecule has 0 saturated heterocycles. The van der Waals surface area contributed by atoms with E-state index >= 15 is 0 Å². The van der Waals surface area contributed by atoms with E-state index in [0.717, 1.165) is 22.0 Å². The lowest BCUT2D eigenvalue weighted by Gasteiger charge is -2.10. The number of hydrogen-bond donors (Lipinski definition) is 0. The number of carbonyl (C=O) groups excluding carboxylic acids is 1. The summed E-state index contributed by atoms with van der Waals surface area (Å²) >= 11 is 0. The first-order chi connectivity index (χ1) is 9.58. The third-order valence-electron chi connectivity index (χ3n) is 3.12. The average Bonchev–Trinajstić information content (AvgIpc) is 2.38. The van der Waals surface area contributed by atoms with E-state index in [1.807, 2.05) is 63.2 Å². The SMILES string of the molecule is Cc1cc(C)c(C(=O)COPc2ccccc2)c(C)c1. The maximum atomic E-state index is 12.3. The standard InChI is InChI=1S/C17H19O2P/c1-12-9-13(2)17(14(3)10-12)16(18)11-19-20-15-7-5-4-6-8-15/h4-10,20H,11H2,1-3H3. The largest absolute Gasteiger partial charge is 0.350 e. The fourth-order valence-electron chi connectivity index (χ4n) is 2.38. The second kappa shape index (κ2) is 6.78. The van der Waals surface area contributed by atoms with Gasteiger partial charge in [0.2, 0.25) is 0 Å². The Bertz CT molecular complexity index is 583. The number of rotatable bonds is 5. The molecule has 2 nitrogen and oxygen atoms in total. The van der Waals surface area contributed by atoms with Gasteiger partial charge in [0.1, 0.15) is 6.61 Å². The molecule has 0 N–H and O–H groups in total. The number of ketones is 1. The van der Waals surface area contributed by atoms with Crippen molar-refractivity contribution in [3.63, 3.8) is 0 Å². The first-order valence-electron chi connectivity index (χ1n) is 6.62. The van der Waals surface area contributed by atoms with Gasteiger partial charge in [-0.1, -0.05) is 48.0 Å². The first kappa shape index (κ1) is 14.9. The minimum Gasteiger partial charge on any atom is -0.350 e. The molecular weight excluding hydrogens is 267 g/mol. The lowest BCUT2D eigenvalue weighted by Crippen LogP contribution is -2.11. The summed E-state index contributed by atoms with van der Waals surface area (Å²) in [5.74, 6) is 0.0587. The monoisotopic (exact) mass is 286 g/mol. The Morgan fingerprint density at radius 3 is 2.25 bits per heavy atom. The van der Waals surface area contributed by atoms with Crippen molar-refractivity contribution in [1.29, 1.82) is 0 Å².